The van der Waals surface area contributed by atoms with E-state index < -0.39 is 5.97 Å². The lowest BCUT2D eigenvalue weighted by molar-refractivity contribution is -0.136. The van der Waals surface area contributed by atoms with Gasteiger partial charge in [-0.25, -0.2) is 0 Å². The highest BCUT2D eigenvalue weighted by atomic mass is 16.4. The standard InChI is InChI=1S/C11H21N3O4/c1-10(16)9-14(5-2-12-4-7-15)6-3-13-8-11(17)18/h7,12-13H,2-6,8-9H2,1H3,(H,17,18). The van der Waals surface area contributed by atoms with Crippen molar-refractivity contribution in [3.05, 3.63) is 0 Å². The molecule has 0 spiro atoms. The predicted molar refractivity (Wildman–Crippen MR) is 66.6 cm³/mol. The zero-order valence-electron chi connectivity index (χ0n) is 10.6. The highest BCUT2D eigenvalue weighted by Gasteiger charge is 2.07. The number of carbonyl (C=O) groups is 3. The molecule has 0 bridgehead atoms. The monoisotopic (exact) mass is 259 g/mol. The summed E-state index contributed by atoms with van der Waals surface area (Å²) in [5.74, 6) is -0.843. The average molecular weight is 259 g/mol. The van der Waals surface area contributed by atoms with Crippen LogP contribution in [0.3, 0.4) is 0 Å². The highest BCUT2D eigenvalue weighted by molar-refractivity contribution is 5.77. The van der Waals surface area contributed by atoms with Gasteiger partial charge in [-0.15, -0.1) is 0 Å². The topological polar surface area (TPSA) is 98.7 Å². The summed E-state index contributed by atoms with van der Waals surface area (Å²) < 4.78 is 0. The molecule has 0 atom stereocenters. The molecule has 104 valence electrons. The minimum Gasteiger partial charge on any atom is -0.480 e. The summed E-state index contributed by atoms with van der Waals surface area (Å²) in [6.07, 6.45) is 0.781. The summed E-state index contributed by atoms with van der Waals surface area (Å²) in [4.78, 5) is 33.4. The van der Waals surface area contributed by atoms with Crippen LogP contribution in [0.15, 0.2) is 0 Å². The second-order valence-corrected chi connectivity index (χ2v) is 3.92. The van der Waals surface area contributed by atoms with Gasteiger partial charge in [-0.05, 0) is 6.92 Å². The maximum absolute atomic E-state index is 11.1. The van der Waals surface area contributed by atoms with E-state index in [0.29, 0.717) is 39.3 Å². The zero-order chi connectivity index (χ0) is 13.8. The Morgan fingerprint density at radius 1 is 1.22 bits per heavy atom. The lowest BCUT2D eigenvalue weighted by Gasteiger charge is -2.20. The number of ketones is 1. The number of carboxylic acid groups (broad SMARTS) is 1. The Kier molecular flexibility index (Phi) is 10.0. The van der Waals surface area contributed by atoms with Crippen LogP contribution in [0.2, 0.25) is 0 Å². The maximum atomic E-state index is 11.1. The van der Waals surface area contributed by atoms with Crippen molar-refractivity contribution < 1.29 is 19.5 Å². The van der Waals surface area contributed by atoms with Crippen molar-refractivity contribution in [3.63, 3.8) is 0 Å². The van der Waals surface area contributed by atoms with Crippen LogP contribution >= 0.6 is 0 Å². The molecule has 0 saturated carbocycles. The fourth-order valence-corrected chi connectivity index (χ4v) is 1.42. The summed E-state index contributed by atoms with van der Waals surface area (Å²) in [6.45, 7) is 4.41. The first-order valence-corrected chi connectivity index (χ1v) is 5.85. The first-order valence-electron chi connectivity index (χ1n) is 5.85. The molecule has 18 heavy (non-hydrogen) atoms. The average Bonchev–Trinajstić information content (AvgIpc) is 2.28. The van der Waals surface area contributed by atoms with Crippen LogP contribution in [0.4, 0.5) is 0 Å². The molecule has 0 saturated heterocycles. The van der Waals surface area contributed by atoms with Crippen LogP contribution in [0.25, 0.3) is 0 Å². The number of carboxylic acids is 1. The fourth-order valence-electron chi connectivity index (χ4n) is 1.42. The third kappa shape index (κ3) is 11.2. The number of carbonyl (C=O) groups excluding carboxylic acids is 2. The van der Waals surface area contributed by atoms with Gasteiger partial charge in [0, 0.05) is 26.2 Å². The van der Waals surface area contributed by atoms with Crippen molar-refractivity contribution in [2.75, 3.05) is 45.8 Å². The maximum Gasteiger partial charge on any atom is 0.317 e. The fraction of sp³-hybridized carbons (Fsp3) is 0.727. The zero-order valence-corrected chi connectivity index (χ0v) is 10.6. The Labute approximate surface area is 107 Å². The van der Waals surface area contributed by atoms with Gasteiger partial charge in [0.1, 0.15) is 12.1 Å². The van der Waals surface area contributed by atoms with Crippen molar-refractivity contribution in [2.24, 2.45) is 0 Å². The second-order valence-electron chi connectivity index (χ2n) is 3.92. The van der Waals surface area contributed by atoms with E-state index in [4.69, 9.17) is 5.11 Å². The first-order chi connectivity index (χ1) is 8.56. The lowest BCUT2D eigenvalue weighted by Crippen LogP contribution is -2.40. The van der Waals surface area contributed by atoms with Crippen LogP contribution in [-0.4, -0.2) is 73.9 Å². The van der Waals surface area contributed by atoms with Gasteiger partial charge < -0.3 is 20.5 Å². The van der Waals surface area contributed by atoms with E-state index in [1.54, 1.807) is 0 Å². The number of hydrogen-bond donors (Lipinski definition) is 3. The Balaban J connectivity index is 3.79. The van der Waals surface area contributed by atoms with E-state index in [-0.39, 0.29) is 12.3 Å². The van der Waals surface area contributed by atoms with Crippen molar-refractivity contribution in [1.82, 2.24) is 15.5 Å². The Morgan fingerprint density at radius 3 is 2.33 bits per heavy atom. The normalized spacial score (nSPS) is 10.6. The first kappa shape index (κ1) is 16.7. The van der Waals surface area contributed by atoms with E-state index in [1.807, 2.05) is 4.90 Å². The van der Waals surface area contributed by atoms with Crippen LogP contribution in [0, 0.1) is 0 Å². The predicted octanol–water partition coefficient (Wildman–Crippen LogP) is -1.66. The van der Waals surface area contributed by atoms with Crippen molar-refractivity contribution in [2.45, 2.75) is 6.92 Å². The molecule has 0 aromatic carbocycles. The summed E-state index contributed by atoms with van der Waals surface area (Å²) >= 11 is 0. The number of rotatable bonds is 12. The van der Waals surface area contributed by atoms with Gasteiger partial charge in [0.2, 0.25) is 0 Å². The Morgan fingerprint density at radius 2 is 1.83 bits per heavy atom. The smallest absolute Gasteiger partial charge is 0.317 e. The second kappa shape index (κ2) is 10.8. The summed E-state index contributed by atoms with van der Waals surface area (Å²) in [5.41, 5.74) is 0. The van der Waals surface area contributed by atoms with E-state index in [1.165, 1.54) is 6.92 Å². The molecule has 0 heterocycles. The van der Waals surface area contributed by atoms with E-state index in [9.17, 15) is 14.4 Å². The Hall–Kier alpha value is -1.31. The van der Waals surface area contributed by atoms with Crippen molar-refractivity contribution in [3.8, 4) is 0 Å². The summed E-state index contributed by atoms with van der Waals surface area (Å²) in [5, 5.41) is 14.1. The number of aliphatic carboxylic acids is 1. The number of nitrogens with one attached hydrogen (secondary N) is 2. The van der Waals surface area contributed by atoms with Crippen LogP contribution in [0.5, 0.6) is 0 Å². The molecule has 0 radical (unpaired) electrons. The molecule has 0 aliphatic carbocycles. The van der Waals surface area contributed by atoms with Crippen LogP contribution < -0.4 is 10.6 Å². The van der Waals surface area contributed by atoms with Gasteiger partial charge in [0.15, 0.2) is 0 Å². The van der Waals surface area contributed by atoms with Gasteiger partial charge in [-0.2, -0.15) is 0 Å². The lowest BCUT2D eigenvalue weighted by atomic mass is 10.3. The van der Waals surface area contributed by atoms with Gasteiger partial charge in [0.25, 0.3) is 0 Å². The van der Waals surface area contributed by atoms with Gasteiger partial charge in [-0.3, -0.25) is 14.5 Å². The Bertz CT molecular complexity index is 271. The van der Waals surface area contributed by atoms with Crippen molar-refractivity contribution in [1.29, 1.82) is 0 Å². The number of Topliss-reactive ketones (excluding diaryl/α,β-unsaturated/α-hetero) is 1. The molecule has 0 rings (SSSR count). The summed E-state index contributed by atoms with van der Waals surface area (Å²) in [7, 11) is 0. The summed E-state index contributed by atoms with van der Waals surface area (Å²) in [6, 6.07) is 0. The van der Waals surface area contributed by atoms with Crippen LogP contribution in [-0.2, 0) is 14.4 Å². The molecule has 0 aliphatic rings. The van der Waals surface area contributed by atoms with E-state index in [2.05, 4.69) is 10.6 Å². The van der Waals surface area contributed by atoms with Crippen molar-refractivity contribution >= 4 is 18.0 Å². The quantitative estimate of drug-likeness (QED) is 0.285. The molecule has 0 aliphatic heterocycles. The number of hydrogen-bond acceptors (Lipinski definition) is 6. The molecule has 3 N–H and O–H groups in total. The van der Waals surface area contributed by atoms with Gasteiger partial charge >= 0.3 is 5.97 Å². The molecule has 0 unspecified atom stereocenters. The molecule has 0 aromatic rings. The van der Waals surface area contributed by atoms with E-state index in [0.717, 1.165) is 6.29 Å². The molecular weight excluding hydrogens is 238 g/mol. The largest absolute Gasteiger partial charge is 0.480 e. The molecular formula is C11H21N3O4. The minimum absolute atomic E-state index is 0.0589. The number of aldehydes is 1. The molecule has 7 nitrogen and oxygen atoms in total. The third-order valence-corrected chi connectivity index (χ3v) is 2.16. The SMILES string of the molecule is CC(=O)CN(CCNCC=O)CCNCC(=O)O. The highest BCUT2D eigenvalue weighted by Crippen LogP contribution is 1.87. The third-order valence-electron chi connectivity index (χ3n) is 2.16. The van der Waals surface area contributed by atoms with Gasteiger partial charge in [0.05, 0.1) is 19.6 Å². The molecule has 0 aromatic heterocycles. The van der Waals surface area contributed by atoms with Crippen LogP contribution in [0.1, 0.15) is 6.92 Å². The van der Waals surface area contributed by atoms with Gasteiger partial charge in [-0.1, -0.05) is 0 Å². The molecule has 0 amide bonds. The minimum atomic E-state index is -0.902. The molecule has 0 fully saturated rings. The molecule has 7 heteroatoms. The number of nitrogens with zero attached hydrogens (tertiary/aromatic N) is 1. The van der Waals surface area contributed by atoms with E-state index >= 15 is 0 Å².